The lowest BCUT2D eigenvalue weighted by molar-refractivity contribution is 0.0956. The van der Waals surface area contributed by atoms with E-state index in [0.29, 0.717) is 5.56 Å². The number of carbonyl (C=O) groups excluding carboxylic acids is 1. The first-order valence-electron chi connectivity index (χ1n) is 7.31. The third kappa shape index (κ3) is 5.13. The number of rotatable bonds is 6. The van der Waals surface area contributed by atoms with E-state index in [1.165, 1.54) is 0 Å². The predicted octanol–water partition coefficient (Wildman–Crippen LogP) is 1.59. The first-order chi connectivity index (χ1) is 9.96. The minimum absolute atomic E-state index is 0.0720. The Morgan fingerprint density at radius 2 is 1.81 bits per heavy atom. The molecular formula is C15H22N2O3S. The molecule has 0 heterocycles. The van der Waals surface area contributed by atoms with Gasteiger partial charge in [0.2, 0.25) is 10.0 Å². The van der Waals surface area contributed by atoms with Crippen LogP contribution in [0.1, 0.15) is 41.6 Å². The van der Waals surface area contributed by atoms with Crippen molar-refractivity contribution in [1.29, 1.82) is 0 Å². The van der Waals surface area contributed by atoms with Crippen LogP contribution < -0.4 is 10.0 Å². The van der Waals surface area contributed by atoms with Gasteiger partial charge in [-0.05, 0) is 31.9 Å². The van der Waals surface area contributed by atoms with Gasteiger partial charge in [0.05, 0.1) is 5.75 Å². The number of nitrogens with one attached hydrogen (secondary N) is 2. The molecule has 0 saturated heterocycles. The number of hydrogen-bond donors (Lipinski definition) is 2. The number of sulfonamides is 1. The molecule has 1 amide bonds. The van der Waals surface area contributed by atoms with Gasteiger partial charge in [0.15, 0.2) is 0 Å². The molecule has 0 spiro atoms. The SMILES string of the molecule is Cc1ccc(C(=O)NCCS(=O)(=O)NC2CCCC2)cc1. The zero-order valence-electron chi connectivity index (χ0n) is 12.3. The fourth-order valence-electron chi connectivity index (χ4n) is 2.46. The maximum atomic E-state index is 11.9. The monoisotopic (exact) mass is 310 g/mol. The van der Waals surface area contributed by atoms with E-state index in [4.69, 9.17) is 0 Å². The van der Waals surface area contributed by atoms with Crippen molar-refractivity contribution >= 4 is 15.9 Å². The van der Waals surface area contributed by atoms with Gasteiger partial charge in [-0.3, -0.25) is 4.79 Å². The number of aryl methyl sites for hydroxylation is 1. The van der Waals surface area contributed by atoms with Crippen LogP contribution in [0, 0.1) is 6.92 Å². The van der Waals surface area contributed by atoms with Crippen LogP contribution in [0.15, 0.2) is 24.3 Å². The summed E-state index contributed by atoms with van der Waals surface area (Å²) in [6, 6.07) is 7.25. The highest BCUT2D eigenvalue weighted by atomic mass is 32.2. The lowest BCUT2D eigenvalue weighted by Crippen LogP contribution is -2.38. The number of amides is 1. The van der Waals surface area contributed by atoms with E-state index >= 15 is 0 Å². The van der Waals surface area contributed by atoms with Gasteiger partial charge in [0.25, 0.3) is 5.91 Å². The summed E-state index contributed by atoms with van der Waals surface area (Å²) in [5.41, 5.74) is 1.62. The molecule has 2 N–H and O–H groups in total. The number of benzene rings is 1. The zero-order valence-corrected chi connectivity index (χ0v) is 13.1. The molecular weight excluding hydrogens is 288 g/mol. The molecule has 0 atom stereocenters. The van der Waals surface area contributed by atoms with Crippen LogP contribution in [0.3, 0.4) is 0 Å². The van der Waals surface area contributed by atoms with Crippen LogP contribution in [0.5, 0.6) is 0 Å². The molecule has 1 saturated carbocycles. The van der Waals surface area contributed by atoms with Gasteiger partial charge < -0.3 is 5.32 Å². The topological polar surface area (TPSA) is 75.3 Å². The highest BCUT2D eigenvalue weighted by Gasteiger charge is 2.21. The van der Waals surface area contributed by atoms with Crippen molar-refractivity contribution in [2.24, 2.45) is 0 Å². The highest BCUT2D eigenvalue weighted by molar-refractivity contribution is 7.89. The fraction of sp³-hybridized carbons (Fsp3) is 0.533. The van der Waals surface area contributed by atoms with Crippen LogP contribution in [0.25, 0.3) is 0 Å². The van der Waals surface area contributed by atoms with Crippen molar-refractivity contribution in [3.05, 3.63) is 35.4 Å². The van der Waals surface area contributed by atoms with Crippen LogP contribution in [-0.4, -0.2) is 32.7 Å². The first kappa shape index (κ1) is 16.0. The average Bonchev–Trinajstić information content (AvgIpc) is 2.91. The molecule has 6 heteroatoms. The average molecular weight is 310 g/mol. The number of carbonyl (C=O) groups is 1. The van der Waals surface area contributed by atoms with E-state index in [0.717, 1.165) is 31.2 Å². The van der Waals surface area contributed by atoms with Crippen LogP contribution in [0.2, 0.25) is 0 Å². The molecule has 0 bridgehead atoms. The van der Waals surface area contributed by atoms with Gasteiger partial charge >= 0.3 is 0 Å². The minimum atomic E-state index is -3.31. The summed E-state index contributed by atoms with van der Waals surface area (Å²) in [5.74, 6) is -0.327. The van der Waals surface area contributed by atoms with Gasteiger partial charge in [0.1, 0.15) is 0 Å². The first-order valence-corrected chi connectivity index (χ1v) is 8.96. The molecule has 5 nitrogen and oxygen atoms in total. The Morgan fingerprint density at radius 3 is 2.43 bits per heavy atom. The summed E-state index contributed by atoms with van der Waals surface area (Å²) < 4.78 is 26.5. The third-order valence-electron chi connectivity index (χ3n) is 3.67. The summed E-state index contributed by atoms with van der Waals surface area (Å²) in [7, 11) is -3.31. The molecule has 21 heavy (non-hydrogen) atoms. The Morgan fingerprint density at radius 1 is 1.19 bits per heavy atom. The molecule has 1 aromatic rings. The Balaban J connectivity index is 1.77. The summed E-state index contributed by atoms with van der Waals surface area (Å²) in [6.45, 7) is 2.07. The van der Waals surface area contributed by atoms with E-state index in [1.54, 1.807) is 12.1 Å². The lowest BCUT2D eigenvalue weighted by Gasteiger charge is -2.12. The van der Waals surface area contributed by atoms with Crippen molar-refractivity contribution in [3.63, 3.8) is 0 Å². The van der Waals surface area contributed by atoms with Gasteiger partial charge in [0, 0.05) is 18.2 Å². The highest BCUT2D eigenvalue weighted by Crippen LogP contribution is 2.18. The van der Waals surface area contributed by atoms with Gasteiger partial charge in [-0.15, -0.1) is 0 Å². The third-order valence-corrected chi connectivity index (χ3v) is 5.11. The maximum absolute atomic E-state index is 11.9. The summed E-state index contributed by atoms with van der Waals surface area (Å²) in [4.78, 5) is 11.9. The fourth-order valence-corrected chi connectivity index (χ4v) is 3.69. The summed E-state index contributed by atoms with van der Waals surface area (Å²) in [5, 5.41) is 2.64. The molecule has 0 radical (unpaired) electrons. The van der Waals surface area contributed by atoms with E-state index in [1.807, 2.05) is 19.1 Å². The second-order valence-electron chi connectivity index (χ2n) is 5.54. The van der Waals surface area contributed by atoms with Crippen molar-refractivity contribution in [2.45, 2.75) is 38.6 Å². The zero-order chi connectivity index (χ0) is 15.3. The van der Waals surface area contributed by atoms with Crippen molar-refractivity contribution < 1.29 is 13.2 Å². The van der Waals surface area contributed by atoms with Crippen molar-refractivity contribution in [1.82, 2.24) is 10.0 Å². The molecule has 0 aromatic heterocycles. The van der Waals surface area contributed by atoms with Crippen molar-refractivity contribution in [3.8, 4) is 0 Å². The van der Waals surface area contributed by atoms with Crippen molar-refractivity contribution in [2.75, 3.05) is 12.3 Å². The Hall–Kier alpha value is -1.40. The molecule has 1 aliphatic rings. The second kappa shape index (κ2) is 7.04. The molecule has 2 rings (SSSR count). The quantitative estimate of drug-likeness (QED) is 0.838. The van der Waals surface area contributed by atoms with E-state index < -0.39 is 10.0 Å². The normalized spacial score (nSPS) is 16.0. The molecule has 1 aliphatic carbocycles. The Bertz CT molecular complexity index is 575. The molecule has 1 aromatic carbocycles. The number of hydrogen-bond acceptors (Lipinski definition) is 3. The van der Waals surface area contributed by atoms with Gasteiger partial charge in [-0.1, -0.05) is 30.5 Å². The van der Waals surface area contributed by atoms with Gasteiger partial charge in [-0.2, -0.15) is 0 Å². The molecule has 1 fully saturated rings. The summed E-state index contributed by atoms with van der Waals surface area (Å²) >= 11 is 0. The predicted molar refractivity (Wildman–Crippen MR) is 82.7 cm³/mol. The molecule has 0 aliphatic heterocycles. The summed E-state index contributed by atoms with van der Waals surface area (Å²) in [6.07, 6.45) is 3.98. The largest absolute Gasteiger partial charge is 0.351 e. The van der Waals surface area contributed by atoms with Crippen LogP contribution in [-0.2, 0) is 10.0 Å². The van der Waals surface area contributed by atoms with Crippen LogP contribution in [0.4, 0.5) is 0 Å². The Labute approximate surface area is 126 Å². The molecule has 116 valence electrons. The van der Waals surface area contributed by atoms with E-state index in [2.05, 4.69) is 10.0 Å². The lowest BCUT2D eigenvalue weighted by atomic mass is 10.1. The minimum Gasteiger partial charge on any atom is -0.351 e. The van der Waals surface area contributed by atoms with Gasteiger partial charge in [-0.25, -0.2) is 13.1 Å². The smallest absolute Gasteiger partial charge is 0.251 e. The van der Waals surface area contributed by atoms with E-state index in [-0.39, 0.29) is 24.2 Å². The maximum Gasteiger partial charge on any atom is 0.251 e. The van der Waals surface area contributed by atoms with E-state index in [9.17, 15) is 13.2 Å². The Kier molecular flexibility index (Phi) is 5.36. The standard InChI is InChI=1S/C15H22N2O3S/c1-12-6-8-13(9-7-12)15(18)16-10-11-21(19,20)17-14-4-2-3-5-14/h6-9,14,17H,2-5,10-11H2,1H3,(H,16,18). The van der Waals surface area contributed by atoms with Crippen LogP contribution >= 0.6 is 0 Å². The molecule has 0 unspecified atom stereocenters. The second-order valence-corrected chi connectivity index (χ2v) is 7.41.